The zero-order valence-corrected chi connectivity index (χ0v) is 11.5. The lowest BCUT2D eigenvalue weighted by molar-refractivity contribution is 0.0340. The van der Waals surface area contributed by atoms with Crippen molar-refractivity contribution in [1.82, 2.24) is 4.98 Å². The molecule has 1 aromatic rings. The molecule has 0 aliphatic carbocycles. The molecule has 2 atom stereocenters. The van der Waals surface area contributed by atoms with E-state index >= 15 is 0 Å². The predicted octanol–water partition coefficient (Wildman–Crippen LogP) is 3.09. The van der Waals surface area contributed by atoms with Gasteiger partial charge in [0.05, 0.1) is 35.3 Å². The number of ether oxygens (including phenoxy) is 1. The molecule has 3 nitrogen and oxygen atoms in total. The average Bonchev–Trinajstić information content (AvgIpc) is 2.33. The first-order valence-corrected chi connectivity index (χ1v) is 6.62. The van der Waals surface area contributed by atoms with Crippen molar-refractivity contribution < 1.29 is 4.74 Å². The highest BCUT2D eigenvalue weighted by molar-refractivity contribution is 6.32. The van der Waals surface area contributed by atoms with Crippen LogP contribution in [0.2, 0.25) is 5.02 Å². The largest absolute Gasteiger partial charge is 0.375 e. The third-order valence-corrected chi connectivity index (χ3v) is 3.53. The van der Waals surface area contributed by atoms with Gasteiger partial charge in [-0.25, -0.2) is 4.98 Å². The molecule has 17 heavy (non-hydrogen) atoms. The lowest BCUT2D eigenvalue weighted by Crippen LogP contribution is -2.47. The van der Waals surface area contributed by atoms with Gasteiger partial charge in [-0.3, -0.25) is 0 Å². The second-order valence-corrected chi connectivity index (χ2v) is 5.05. The fraction of sp³-hybridized carbons (Fsp3) is 0.583. The Labute approximate surface area is 112 Å². The molecule has 1 aliphatic rings. The number of anilines is 1. The van der Waals surface area contributed by atoms with E-state index in [1.54, 1.807) is 0 Å². The summed E-state index contributed by atoms with van der Waals surface area (Å²) < 4.78 is 5.60. The van der Waals surface area contributed by atoms with Crippen LogP contribution < -0.4 is 4.90 Å². The molecular formula is C12H16Cl2N2O. The van der Waals surface area contributed by atoms with E-state index in [-0.39, 0.29) is 6.10 Å². The SMILES string of the molecule is CC1CN(c2ccc(Cl)c(CCl)n2)C(C)CO1. The fourth-order valence-electron chi connectivity index (χ4n) is 1.95. The van der Waals surface area contributed by atoms with Crippen molar-refractivity contribution in [2.75, 3.05) is 18.1 Å². The van der Waals surface area contributed by atoms with Crippen LogP contribution in [0, 0.1) is 0 Å². The van der Waals surface area contributed by atoms with E-state index in [0.717, 1.165) is 24.7 Å². The van der Waals surface area contributed by atoms with E-state index in [2.05, 4.69) is 23.7 Å². The van der Waals surface area contributed by atoms with E-state index in [9.17, 15) is 0 Å². The van der Waals surface area contributed by atoms with Crippen molar-refractivity contribution in [2.45, 2.75) is 31.9 Å². The Bertz CT molecular complexity index is 400. The molecule has 2 unspecified atom stereocenters. The standard InChI is InChI=1S/C12H16Cl2N2O/c1-8-7-17-9(2)6-16(8)12-4-3-10(14)11(5-13)15-12/h3-4,8-9H,5-7H2,1-2H3. The van der Waals surface area contributed by atoms with Crippen LogP contribution in [0.15, 0.2) is 12.1 Å². The summed E-state index contributed by atoms with van der Waals surface area (Å²) in [6, 6.07) is 4.12. The van der Waals surface area contributed by atoms with E-state index in [4.69, 9.17) is 27.9 Å². The molecular weight excluding hydrogens is 259 g/mol. The number of halogens is 2. The summed E-state index contributed by atoms with van der Waals surface area (Å²) in [5, 5.41) is 0.623. The highest BCUT2D eigenvalue weighted by Crippen LogP contribution is 2.24. The minimum absolute atomic E-state index is 0.225. The van der Waals surface area contributed by atoms with Gasteiger partial charge in [-0.2, -0.15) is 0 Å². The maximum absolute atomic E-state index is 6.01. The number of nitrogens with zero attached hydrogens (tertiary/aromatic N) is 2. The minimum Gasteiger partial charge on any atom is -0.375 e. The fourth-order valence-corrected chi connectivity index (χ4v) is 2.39. The summed E-state index contributed by atoms with van der Waals surface area (Å²) >= 11 is 11.8. The van der Waals surface area contributed by atoms with Crippen LogP contribution in [-0.2, 0) is 10.6 Å². The van der Waals surface area contributed by atoms with Gasteiger partial charge in [-0.05, 0) is 26.0 Å². The van der Waals surface area contributed by atoms with Gasteiger partial charge in [0.1, 0.15) is 5.82 Å². The van der Waals surface area contributed by atoms with Crippen molar-refractivity contribution in [3.63, 3.8) is 0 Å². The number of aromatic nitrogens is 1. The Morgan fingerprint density at radius 3 is 2.94 bits per heavy atom. The van der Waals surface area contributed by atoms with Gasteiger partial charge in [0.25, 0.3) is 0 Å². The first-order valence-electron chi connectivity index (χ1n) is 5.71. The molecule has 0 spiro atoms. The van der Waals surface area contributed by atoms with E-state index in [1.807, 2.05) is 12.1 Å². The number of rotatable bonds is 2. The zero-order valence-electron chi connectivity index (χ0n) is 9.99. The number of alkyl halides is 1. The molecule has 1 aromatic heterocycles. The minimum atomic E-state index is 0.225. The number of morpholine rings is 1. The quantitative estimate of drug-likeness (QED) is 0.775. The number of pyridine rings is 1. The zero-order chi connectivity index (χ0) is 12.4. The van der Waals surface area contributed by atoms with Crippen LogP contribution in [-0.4, -0.2) is 30.3 Å². The van der Waals surface area contributed by atoms with Crippen LogP contribution in [0.4, 0.5) is 5.82 Å². The smallest absolute Gasteiger partial charge is 0.129 e. The molecule has 0 N–H and O–H groups in total. The van der Waals surface area contributed by atoms with E-state index < -0.39 is 0 Å². The van der Waals surface area contributed by atoms with Gasteiger partial charge >= 0.3 is 0 Å². The van der Waals surface area contributed by atoms with Crippen LogP contribution >= 0.6 is 23.2 Å². The molecule has 2 rings (SSSR count). The van der Waals surface area contributed by atoms with Crippen LogP contribution in [0.5, 0.6) is 0 Å². The molecule has 0 radical (unpaired) electrons. The van der Waals surface area contributed by atoms with Gasteiger partial charge in [0.15, 0.2) is 0 Å². The predicted molar refractivity (Wildman–Crippen MR) is 71.0 cm³/mol. The first kappa shape index (κ1) is 12.9. The summed E-state index contributed by atoms with van der Waals surface area (Å²) in [6.45, 7) is 5.76. The molecule has 0 amide bonds. The Balaban J connectivity index is 2.26. The summed E-state index contributed by atoms with van der Waals surface area (Å²) in [7, 11) is 0. The molecule has 2 heterocycles. The third kappa shape index (κ3) is 2.84. The second kappa shape index (κ2) is 5.42. The molecule has 0 aromatic carbocycles. The highest BCUT2D eigenvalue weighted by atomic mass is 35.5. The summed E-state index contributed by atoms with van der Waals surface area (Å²) in [6.07, 6.45) is 0.225. The normalized spacial score (nSPS) is 25.1. The van der Waals surface area contributed by atoms with Crippen molar-refractivity contribution in [3.05, 3.63) is 22.8 Å². The lowest BCUT2D eigenvalue weighted by Gasteiger charge is -2.37. The first-order chi connectivity index (χ1) is 8.11. The Morgan fingerprint density at radius 1 is 1.47 bits per heavy atom. The van der Waals surface area contributed by atoms with Gasteiger partial charge in [-0.1, -0.05) is 11.6 Å². The van der Waals surface area contributed by atoms with Gasteiger partial charge in [-0.15, -0.1) is 11.6 Å². The molecule has 1 aliphatic heterocycles. The molecule has 1 saturated heterocycles. The Hall–Kier alpha value is -0.510. The molecule has 5 heteroatoms. The Kier molecular flexibility index (Phi) is 4.13. The maximum atomic E-state index is 6.01. The monoisotopic (exact) mass is 274 g/mol. The average molecular weight is 275 g/mol. The molecule has 94 valence electrons. The second-order valence-electron chi connectivity index (χ2n) is 4.38. The summed E-state index contributed by atoms with van der Waals surface area (Å²) in [4.78, 5) is 6.74. The van der Waals surface area contributed by atoms with Crippen molar-refractivity contribution in [1.29, 1.82) is 0 Å². The van der Waals surface area contributed by atoms with Crippen molar-refractivity contribution >= 4 is 29.0 Å². The van der Waals surface area contributed by atoms with Gasteiger partial charge in [0, 0.05) is 6.54 Å². The lowest BCUT2D eigenvalue weighted by atomic mass is 10.2. The van der Waals surface area contributed by atoms with Gasteiger partial charge < -0.3 is 9.64 Å². The van der Waals surface area contributed by atoms with Crippen molar-refractivity contribution in [2.24, 2.45) is 0 Å². The topological polar surface area (TPSA) is 25.4 Å². The van der Waals surface area contributed by atoms with Gasteiger partial charge in [0.2, 0.25) is 0 Å². The number of hydrogen-bond acceptors (Lipinski definition) is 3. The van der Waals surface area contributed by atoms with Crippen LogP contribution in [0.3, 0.4) is 0 Å². The summed E-state index contributed by atoms with van der Waals surface area (Å²) in [5.74, 6) is 1.26. The molecule has 1 fully saturated rings. The molecule has 0 bridgehead atoms. The third-order valence-electron chi connectivity index (χ3n) is 2.93. The van der Waals surface area contributed by atoms with Crippen LogP contribution in [0.1, 0.15) is 19.5 Å². The Morgan fingerprint density at radius 2 is 2.24 bits per heavy atom. The van der Waals surface area contributed by atoms with E-state index in [1.165, 1.54) is 0 Å². The summed E-state index contributed by atoms with van der Waals surface area (Å²) in [5.41, 5.74) is 0.733. The van der Waals surface area contributed by atoms with E-state index in [0.29, 0.717) is 16.9 Å². The maximum Gasteiger partial charge on any atom is 0.129 e. The van der Waals surface area contributed by atoms with Crippen molar-refractivity contribution in [3.8, 4) is 0 Å². The van der Waals surface area contributed by atoms with Crippen LogP contribution in [0.25, 0.3) is 0 Å². The number of hydrogen-bond donors (Lipinski definition) is 0. The highest BCUT2D eigenvalue weighted by Gasteiger charge is 2.24. The molecule has 0 saturated carbocycles.